The van der Waals surface area contributed by atoms with Gasteiger partial charge in [-0.05, 0) is 24.5 Å². The van der Waals surface area contributed by atoms with Crippen LogP contribution in [0.1, 0.15) is 24.1 Å². The van der Waals surface area contributed by atoms with Crippen molar-refractivity contribution < 1.29 is 22.8 Å². The van der Waals surface area contributed by atoms with E-state index in [0.717, 1.165) is 11.1 Å². The quantitative estimate of drug-likeness (QED) is 0.661. The highest BCUT2D eigenvalue weighted by molar-refractivity contribution is 7.90. The Bertz CT molecular complexity index is 905. The number of nitrogens with one attached hydrogen (secondary N) is 1. The fourth-order valence-electron chi connectivity index (χ4n) is 3.48. The molecule has 7 nitrogen and oxygen atoms in total. The van der Waals surface area contributed by atoms with Crippen molar-refractivity contribution >= 4 is 16.0 Å². The van der Waals surface area contributed by atoms with Crippen molar-refractivity contribution in [3.63, 3.8) is 0 Å². The van der Waals surface area contributed by atoms with E-state index < -0.39 is 33.3 Å². The van der Waals surface area contributed by atoms with Crippen molar-refractivity contribution in [1.82, 2.24) is 9.79 Å². The SMILES string of the molecule is CCOC(=O)[C@@H](Cc1ccccc1)NS(=O)(=O)[C@@H]1CON(C)[C@H]1c1ccccc1. The van der Waals surface area contributed by atoms with Crippen molar-refractivity contribution in [3.05, 3.63) is 71.8 Å². The molecule has 1 heterocycles. The molecule has 0 aliphatic carbocycles. The molecule has 0 radical (unpaired) electrons. The molecular formula is C21H26N2O5S. The molecule has 0 aromatic heterocycles. The molecule has 0 saturated carbocycles. The number of hydrogen-bond acceptors (Lipinski definition) is 6. The van der Waals surface area contributed by atoms with Crippen LogP contribution in [-0.2, 0) is 30.8 Å². The summed E-state index contributed by atoms with van der Waals surface area (Å²) in [5, 5.41) is 0.693. The molecular weight excluding hydrogens is 392 g/mol. The van der Waals surface area contributed by atoms with Crippen LogP contribution in [0.25, 0.3) is 0 Å². The maximum absolute atomic E-state index is 13.2. The number of carbonyl (C=O) groups is 1. The number of sulfonamides is 1. The molecule has 1 aliphatic heterocycles. The van der Waals surface area contributed by atoms with E-state index in [1.54, 1.807) is 19.0 Å². The second-order valence-electron chi connectivity index (χ2n) is 6.89. The van der Waals surface area contributed by atoms with Gasteiger partial charge in [0.2, 0.25) is 10.0 Å². The zero-order valence-corrected chi connectivity index (χ0v) is 17.3. The molecule has 1 N–H and O–H groups in total. The molecule has 3 rings (SSSR count). The lowest BCUT2D eigenvalue weighted by molar-refractivity contribution is -0.145. The van der Waals surface area contributed by atoms with Crippen LogP contribution in [0.5, 0.6) is 0 Å². The maximum atomic E-state index is 13.2. The molecule has 0 amide bonds. The zero-order chi connectivity index (χ0) is 20.9. The molecule has 8 heteroatoms. The van der Waals surface area contributed by atoms with Crippen molar-refractivity contribution in [1.29, 1.82) is 0 Å². The van der Waals surface area contributed by atoms with Gasteiger partial charge in [0.15, 0.2) is 0 Å². The largest absolute Gasteiger partial charge is 0.465 e. The summed E-state index contributed by atoms with van der Waals surface area (Å²) in [4.78, 5) is 18.0. The van der Waals surface area contributed by atoms with E-state index in [-0.39, 0.29) is 19.6 Å². The Kier molecular flexibility index (Phi) is 7.02. The molecule has 1 aliphatic rings. The van der Waals surface area contributed by atoms with Gasteiger partial charge in [0, 0.05) is 7.05 Å². The number of benzene rings is 2. The smallest absolute Gasteiger partial charge is 0.324 e. The normalized spacial score (nSPS) is 21.0. The number of hydrogen-bond donors (Lipinski definition) is 1. The second kappa shape index (κ2) is 9.49. The standard InChI is InChI=1S/C21H26N2O5S/c1-3-27-21(24)18(14-16-10-6-4-7-11-16)22-29(25,26)19-15-28-23(2)20(19)17-12-8-5-9-13-17/h4-13,18-20,22H,3,14-15H2,1-2H3/t18-,19-,20+/m1/s1. The van der Waals surface area contributed by atoms with Crippen molar-refractivity contribution in [2.75, 3.05) is 20.3 Å². The molecule has 156 valence electrons. The first-order valence-electron chi connectivity index (χ1n) is 9.54. The van der Waals surface area contributed by atoms with Gasteiger partial charge in [-0.2, -0.15) is 5.06 Å². The average molecular weight is 419 g/mol. The first-order valence-corrected chi connectivity index (χ1v) is 11.1. The number of esters is 1. The third-order valence-corrected chi connectivity index (χ3v) is 6.69. The van der Waals surface area contributed by atoms with Crippen molar-refractivity contribution in [2.24, 2.45) is 0 Å². The fourth-order valence-corrected chi connectivity index (χ4v) is 5.14. The molecule has 3 atom stereocenters. The van der Waals surface area contributed by atoms with E-state index in [0.29, 0.717) is 0 Å². The Hall–Kier alpha value is -2.26. The molecule has 2 aromatic carbocycles. The van der Waals surface area contributed by atoms with Crippen LogP contribution < -0.4 is 4.72 Å². The van der Waals surface area contributed by atoms with Crippen molar-refractivity contribution in [3.8, 4) is 0 Å². The minimum absolute atomic E-state index is 0.00623. The van der Waals surface area contributed by atoms with Gasteiger partial charge in [-0.25, -0.2) is 13.1 Å². The molecule has 0 unspecified atom stereocenters. The number of nitrogens with zero attached hydrogens (tertiary/aromatic N) is 1. The Morgan fingerprint density at radius 3 is 2.41 bits per heavy atom. The van der Waals surface area contributed by atoms with Gasteiger partial charge in [-0.3, -0.25) is 9.63 Å². The van der Waals surface area contributed by atoms with Crippen LogP contribution in [0.15, 0.2) is 60.7 Å². The lowest BCUT2D eigenvalue weighted by atomic mass is 10.0. The highest BCUT2D eigenvalue weighted by Gasteiger charge is 2.44. The van der Waals surface area contributed by atoms with Gasteiger partial charge in [0.1, 0.15) is 11.3 Å². The van der Waals surface area contributed by atoms with Crippen LogP contribution in [0.3, 0.4) is 0 Å². The number of rotatable bonds is 8. The Morgan fingerprint density at radius 1 is 1.17 bits per heavy atom. The van der Waals surface area contributed by atoms with Gasteiger partial charge in [0.25, 0.3) is 0 Å². The topological polar surface area (TPSA) is 84.9 Å². The third kappa shape index (κ3) is 5.22. The lowest BCUT2D eigenvalue weighted by Crippen LogP contribution is -2.48. The maximum Gasteiger partial charge on any atom is 0.324 e. The van der Waals surface area contributed by atoms with E-state index in [1.807, 2.05) is 60.7 Å². The van der Waals surface area contributed by atoms with E-state index in [4.69, 9.17) is 9.57 Å². The summed E-state index contributed by atoms with van der Waals surface area (Å²) in [5.41, 5.74) is 1.67. The van der Waals surface area contributed by atoms with Gasteiger partial charge >= 0.3 is 5.97 Å². The monoisotopic (exact) mass is 418 g/mol. The number of carbonyl (C=O) groups excluding carboxylic acids is 1. The van der Waals surface area contributed by atoms with Crippen LogP contribution in [0.2, 0.25) is 0 Å². The Labute approximate surface area is 171 Å². The predicted octanol–water partition coefficient (Wildman–Crippen LogP) is 2.07. The fraction of sp³-hybridized carbons (Fsp3) is 0.381. The predicted molar refractivity (Wildman–Crippen MR) is 109 cm³/mol. The highest BCUT2D eigenvalue weighted by atomic mass is 32.2. The minimum atomic E-state index is -3.89. The summed E-state index contributed by atoms with van der Waals surface area (Å²) in [7, 11) is -2.18. The highest BCUT2D eigenvalue weighted by Crippen LogP contribution is 2.33. The summed E-state index contributed by atoms with van der Waals surface area (Å²) >= 11 is 0. The average Bonchev–Trinajstić information content (AvgIpc) is 3.11. The molecule has 0 spiro atoms. The van der Waals surface area contributed by atoms with E-state index in [9.17, 15) is 13.2 Å². The minimum Gasteiger partial charge on any atom is -0.465 e. The second-order valence-corrected chi connectivity index (χ2v) is 8.82. The number of hydroxylamine groups is 2. The molecule has 2 aromatic rings. The van der Waals surface area contributed by atoms with Gasteiger partial charge in [-0.1, -0.05) is 60.7 Å². The van der Waals surface area contributed by atoms with E-state index in [2.05, 4.69) is 4.72 Å². The van der Waals surface area contributed by atoms with Gasteiger partial charge in [0.05, 0.1) is 19.3 Å². The first-order chi connectivity index (χ1) is 13.9. The molecule has 0 bridgehead atoms. The van der Waals surface area contributed by atoms with E-state index >= 15 is 0 Å². The summed E-state index contributed by atoms with van der Waals surface area (Å²) in [6.45, 7) is 1.87. The molecule has 1 saturated heterocycles. The molecule has 1 fully saturated rings. The molecule has 29 heavy (non-hydrogen) atoms. The lowest BCUT2D eigenvalue weighted by Gasteiger charge is -2.25. The van der Waals surface area contributed by atoms with Gasteiger partial charge < -0.3 is 4.74 Å². The summed E-state index contributed by atoms with van der Waals surface area (Å²) in [6.07, 6.45) is 0.207. The van der Waals surface area contributed by atoms with Crippen LogP contribution in [0, 0.1) is 0 Å². The summed E-state index contributed by atoms with van der Waals surface area (Å²) in [6, 6.07) is 17.1. The van der Waals surface area contributed by atoms with Crippen LogP contribution in [-0.4, -0.2) is 51.0 Å². The van der Waals surface area contributed by atoms with E-state index in [1.165, 1.54) is 0 Å². The Morgan fingerprint density at radius 2 is 1.79 bits per heavy atom. The third-order valence-electron chi connectivity index (χ3n) is 4.89. The van der Waals surface area contributed by atoms with Crippen molar-refractivity contribution in [2.45, 2.75) is 30.7 Å². The Balaban J connectivity index is 1.84. The zero-order valence-electron chi connectivity index (χ0n) is 16.5. The van der Waals surface area contributed by atoms with Crippen LogP contribution >= 0.6 is 0 Å². The van der Waals surface area contributed by atoms with Gasteiger partial charge in [-0.15, -0.1) is 0 Å². The summed E-state index contributed by atoms with van der Waals surface area (Å²) in [5.74, 6) is -0.594. The number of ether oxygens (including phenoxy) is 1. The van der Waals surface area contributed by atoms with Crippen LogP contribution in [0.4, 0.5) is 0 Å². The first kappa shape index (κ1) is 21.4. The summed E-state index contributed by atoms with van der Waals surface area (Å²) < 4.78 is 34.2.